The lowest BCUT2D eigenvalue weighted by molar-refractivity contribution is 0.207. The molecule has 1 fully saturated rings. The normalized spacial score (nSPS) is 15.7. The van der Waals surface area contributed by atoms with Crippen molar-refractivity contribution in [2.45, 2.75) is 65.3 Å². The van der Waals surface area contributed by atoms with Crippen LogP contribution in [-0.2, 0) is 6.54 Å². The van der Waals surface area contributed by atoms with Gasteiger partial charge in [-0.1, -0.05) is 0 Å². The van der Waals surface area contributed by atoms with Crippen LogP contribution in [-0.4, -0.2) is 46.2 Å². The van der Waals surface area contributed by atoms with Gasteiger partial charge in [-0.2, -0.15) is 0 Å². The van der Waals surface area contributed by atoms with Crippen molar-refractivity contribution < 1.29 is 9.47 Å². The fraction of sp³-hybridized carbons (Fsp3) is 0.545. The van der Waals surface area contributed by atoms with E-state index in [9.17, 15) is 0 Å². The number of anilines is 1. The van der Waals surface area contributed by atoms with Gasteiger partial charge in [-0.3, -0.25) is 4.90 Å². The summed E-state index contributed by atoms with van der Waals surface area (Å²) in [7, 11) is 0. The van der Waals surface area contributed by atoms with E-state index in [4.69, 9.17) is 21.1 Å². The van der Waals surface area contributed by atoms with Crippen molar-refractivity contribution in [1.29, 1.82) is 0 Å². The molecule has 1 saturated heterocycles. The first-order chi connectivity index (χ1) is 13.9. The molecule has 2 heterocycles. The van der Waals surface area contributed by atoms with Crippen LogP contribution in [0.15, 0.2) is 30.5 Å². The van der Waals surface area contributed by atoms with E-state index >= 15 is 0 Å². The van der Waals surface area contributed by atoms with E-state index in [0.29, 0.717) is 6.04 Å². The molecular formula is C22H31ClN4O2. The Morgan fingerprint density at radius 1 is 1.07 bits per heavy atom. The Morgan fingerprint density at radius 3 is 2.24 bits per heavy atom. The van der Waals surface area contributed by atoms with Gasteiger partial charge >= 0.3 is 0 Å². The lowest BCUT2D eigenvalue weighted by atomic mass is 10.0. The maximum Gasteiger partial charge on any atom is 0.224 e. The minimum atomic E-state index is 0.134. The van der Waals surface area contributed by atoms with Crippen LogP contribution >= 0.6 is 11.6 Å². The van der Waals surface area contributed by atoms with Gasteiger partial charge in [0.25, 0.3) is 0 Å². The summed E-state index contributed by atoms with van der Waals surface area (Å²) in [5.41, 5.74) is 1.22. The second kappa shape index (κ2) is 10.1. The number of piperidine rings is 1. The number of rotatable bonds is 8. The lowest BCUT2D eigenvalue weighted by Gasteiger charge is -2.32. The van der Waals surface area contributed by atoms with Crippen LogP contribution in [0.1, 0.15) is 46.1 Å². The maximum absolute atomic E-state index is 5.93. The van der Waals surface area contributed by atoms with Crippen molar-refractivity contribution in [1.82, 2.24) is 14.9 Å². The van der Waals surface area contributed by atoms with Gasteiger partial charge in [0, 0.05) is 37.9 Å². The van der Waals surface area contributed by atoms with Crippen molar-refractivity contribution in [2.24, 2.45) is 0 Å². The third kappa shape index (κ3) is 7.05. The number of nitrogens with one attached hydrogen (secondary N) is 1. The van der Waals surface area contributed by atoms with E-state index in [1.165, 1.54) is 5.56 Å². The van der Waals surface area contributed by atoms with Crippen LogP contribution < -0.4 is 14.8 Å². The van der Waals surface area contributed by atoms with Gasteiger partial charge in [0.05, 0.1) is 12.2 Å². The molecule has 0 amide bonds. The highest BCUT2D eigenvalue weighted by Crippen LogP contribution is 2.27. The molecule has 3 rings (SSSR count). The summed E-state index contributed by atoms with van der Waals surface area (Å²) in [6.45, 7) is 11.1. The first kappa shape index (κ1) is 21.7. The molecule has 1 aliphatic rings. The monoisotopic (exact) mass is 418 g/mol. The number of benzene rings is 1. The number of likely N-dealkylation sites (tertiary alicyclic amines) is 1. The Hall–Kier alpha value is -2.05. The third-order valence-corrected chi connectivity index (χ3v) is 4.84. The SMILES string of the molecule is CC(C)Oc1cc(CN2CCC(Nc3ccnc(Cl)n3)CC2)cc(OC(C)C)c1. The number of aromatic nitrogens is 2. The Balaban J connectivity index is 1.58. The van der Waals surface area contributed by atoms with Crippen molar-refractivity contribution in [3.63, 3.8) is 0 Å². The van der Waals surface area contributed by atoms with E-state index in [-0.39, 0.29) is 17.5 Å². The minimum absolute atomic E-state index is 0.134. The van der Waals surface area contributed by atoms with Gasteiger partial charge < -0.3 is 14.8 Å². The molecule has 1 aromatic carbocycles. The standard InChI is InChI=1S/C22H31ClN4O2/c1-15(2)28-19-11-17(12-20(13-19)29-16(3)4)14-27-9-6-18(7-10-27)25-21-5-8-24-22(23)26-21/h5,8,11-13,15-16,18H,6-7,9-10,14H2,1-4H3,(H,24,25,26). The molecule has 0 spiro atoms. The number of hydrogen-bond donors (Lipinski definition) is 1. The molecule has 6 nitrogen and oxygen atoms in total. The van der Waals surface area contributed by atoms with E-state index < -0.39 is 0 Å². The maximum atomic E-state index is 5.93. The summed E-state index contributed by atoms with van der Waals surface area (Å²) < 4.78 is 11.9. The Kier molecular flexibility index (Phi) is 7.56. The van der Waals surface area contributed by atoms with Crippen LogP contribution in [0.3, 0.4) is 0 Å². The molecule has 0 saturated carbocycles. The molecule has 0 radical (unpaired) electrons. The number of nitrogens with zero attached hydrogens (tertiary/aromatic N) is 3. The number of halogens is 1. The summed E-state index contributed by atoms with van der Waals surface area (Å²) >= 11 is 5.87. The van der Waals surface area contributed by atoms with Crippen molar-refractivity contribution in [3.8, 4) is 11.5 Å². The molecule has 0 atom stereocenters. The molecule has 7 heteroatoms. The zero-order chi connectivity index (χ0) is 20.8. The summed E-state index contributed by atoms with van der Waals surface area (Å²) in [4.78, 5) is 10.6. The van der Waals surface area contributed by atoms with Crippen molar-refractivity contribution in [3.05, 3.63) is 41.3 Å². The largest absolute Gasteiger partial charge is 0.491 e. The van der Waals surface area contributed by atoms with Gasteiger partial charge in [0.1, 0.15) is 17.3 Å². The third-order valence-electron chi connectivity index (χ3n) is 4.66. The first-order valence-corrected chi connectivity index (χ1v) is 10.7. The molecule has 0 bridgehead atoms. The molecule has 0 unspecified atom stereocenters. The van der Waals surface area contributed by atoms with Crippen molar-refractivity contribution >= 4 is 17.4 Å². The average molecular weight is 419 g/mol. The zero-order valence-corrected chi connectivity index (χ0v) is 18.4. The van der Waals surface area contributed by atoms with Crippen LogP contribution in [0.5, 0.6) is 11.5 Å². The Bertz CT molecular complexity index is 764. The summed E-state index contributed by atoms with van der Waals surface area (Å²) in [5.74, 6) is 2.52. The topological polar surface area (TPSA) is 59.5 Å². The highest BCUT2D eigenvalue weighted by atomic mass is 35.5. The van der Waals surface area contributed by atoms with Gasteiger partial charge in [0.2, 0.25) is 5.28 Å². The van der Waals surface area contributed by atoms with Crippen LogP contribution in [0.25, 0.3) is 0 Å². The molecule has 29 heavy (non-hydrogen) atoms. The quantitative estimate of drug-likeness (QED) is 0.622. The molecule has 1 aliphatic heterocycles. The predicted molar refractivity (Wildman–Crippen MR) is 117 cm³/mol. The molecule has 0 aliphatic carbocycles. The Morgan fingerprint density at radius 2 is 1.69 bits per heavy atom. The van der Waals surface area contributed by atoms with Crippen molar-refractivity contribution in [2.75, 3.05) is 18.4 Å². The zero-order valence-electron chi connectivity index (χ0n) is 17.7. The molecule has 158 valence electrons. The number of ether oxygens (including phenoxy) is 2. The highest BCUT2D eigenvalue weighted by Gasteiger charge is 2.20. The molecular weight excluding hydrogens is 388 g/mol. The lowest BCUT2D eigenvalue weighted by Crippen LogP contribution is -2.38. The minimum Gasteiger partial charge on any atom is -0.491 e. The fourth-order valence-corrected chi connectivity index (χ4v) is 3.67. The fourth-order valence-electron chi connectivity index (χ4n) is 3.52. The summed E-state index contributed by atoms with van der Waals surface area (Å²) in [6.07, 6.45) is 4.05. The van der Waals surface area contributed by atoms with E-state index in [1.807, 2.05) is 39.8 Å². The second-order valence-electron chi connectivity index (χ2n) is 8.05. The molecule has 1 aromatic heterocycles. The highest BCUT2D eigenvalue weighted by molar-refractivity contribution is 6.28. The van der Waals surface area contributed by atoms with E-state index in [1.54, 1.807) is 6.20 Å². The second-order valence-corrected chi connectivity index (χ2v) is 8.39. The van der Waals surface area contributed by atoms with Gasteiger partial charge in [-0.25, -0.2) is 9.97 Å². The summed E-state index contributed by atoms with van der Waals surface area (Å²) in [6, 6.07) is 8.48. The summed E-state index contributed by atoms with van der Waals surface area (Å²) in [5, 5.41) is 3.74. The smallest absolute Gasteiger partial charge is 0.224 e. The number of hydrogen-bond acceptors (Lipinski definition) is 6. The first-order valence-electron chi connectivity index (χ1n) is 10.3. The van der Waals surface area contributed by atoms with E-state index in [2.05, 4.69) is 32.3 Å². The molecule has 2 aromatic rings. The van der Waals surface area contributed by atoms with Gasteiger partial charge in [0.15, 0.2) is 0 Å². The molecule has 1 N–H and O–H groups in total. The predicted octanol–water partition coefficient (Wildman–Crippen LogP) is 4.78. The van der Waals surface area contributed by atoms with Gasteiger partial charge in [-0.05, 0) is 75.9 Å². The van der Waals surface area contributed by atoms with Crippen LogP contribution in [0.4, 0.5) is 5.82 Å². The Labute approximate surface area is 178 Å². The van der Waals surface area contributed by atoms with Crippen LogP contribution in [0, 0.1) is 0 Å². The van der Waals surface area contributed by atoms with Gasteiger partial charge in [-0.15, -0.1) is 0 Å². The van der Waals surface area contributed by atoms with Crippen LogP contribution in [0.2, 0.25) is 5.28 Å². The average Bonchev–Trinajstić information content (AvgIpc) is 2.62. The van der Waals surface area contributed by atoms with E-state index in [0.717, 1.165) is 49.8 Å².